The maximum atomic E-state index is 11.4. The van der Waals surface area contributed by atoms with Gasteiger partial charge in [0, 0.05) is 13.1 Å². The Morgan fingerprint density at radius 1 is 1.43 bits per heavy atom. The number of hydrogen-bond donors (Lipinski definition) is 0. The lowest BCUT2D eigenvalue weighted by Gasteiger charge is -2.33. The zero-order valence-electron chi connectivity index (χ0n) is 8.99. The van der Waals surface area contributed by atoms with E-state index in [1.165, 1.54) is 12.8 Å². The molecule has 0 aromatic heterocycles. The molecule has 1 fully saturated rings. The van der Waals surface area contributed by atoms with E-state index in [0.29, 0.717) is 6.04 Å². The van der Waals surface area contributed by atoms with Crippen LogP contribution in [0.2, 0.25) is 0 Å². The maximum Gasteiger partial charge on any atom is 0.236 e. The van der Waals surface area contributed by atoms with Gasteiger partial charge < -0.3 is 4.90 Å². The molecule has 0 unspecified atom stereocenters. The molecule has 0 aromatic carbocycles. The van der Waals surface area contributed by atoms with Gasteiger partial charge in [-0.1, -0.05) is 6.92 Å². The van der Waals surface area contributed by atoms with Gasteiger partial charge in [-0.05, 0) is 31.6 Å². The average molecular weight is 194 g/mol. The Balaban J connectivity index is 2.41. The zero-order chi connectivity index (χ0) is 10.6. The molecule has 78 valence electrons. The SMILES string of the molecule is CC1CCC(N(C)C(=O)CC#N)CC1. The lowest BCUT2D eigenvalue weighted by atomic mass is 9.87. The lowest BCUT2D eigenvalue weighted by molar-refractivity contribution is -0.131. The Morgan fingerprint density at radius 3 is 2.50 bits per heavy atom. The fraction of sp³-hybridized carbons (Fsp3) is 0.818. The summed E-state index contributed by atoms with van der Waals surface area (Å²) in [5, 5.41) is 8.43. The Hall–Kier alpha value is -1.04. The van der Waals surface area contributed by atoms with Gasteiger partial charge in [0.05, 0.1) is 6.07 Å². The molecule has 1 aliphatic carbocycles. The van der Waals surface area contributed by atoms with Crippen LogP contribution in [-0.4, -0.2) is 23.9 Å². The van der Waals surface area contributed by atoms with Crippen LogP contribution in [0.15, 0.2) is 0 Å². The summed E-state index contributed by atoms with van der Waals surface area (Å²) in [5.41, 5.74) is 0. The molecule has 0 radical (unpaired) electrons. The molecule has 0 heterocycles. The molecule has 1 saturated carbocycles. The molecule has 1 rings (SSSR count). The van der Waals surface area contributed by atoms with Crippen molar-refractivity contribution in [2.45, 2.75) is 45.1 Å². The molecule has 0 aliphatic heterocycles. The summed E-state index contributed by atoms with van der Waals surface area (Å²) in [6.45, 7) is 2.26. The lowest BCUT2D eigenvalue weighted by Crippen LogP contribution is -2.38. The summed E-state index contributed by atoms with van der Waals surface area (Å²) >= 11 is 0. The molecule has 14 heavy (non-hydrogen) atoms. The molecular weight excluding hydrogens is 176 g/mol. The highest BCUT2D eigenvalue weighted by Gasteiger charge is 2.24. The van der Waals surface area contributed by atoms with Crippen molar-refractivity contribution >= 4 is 5.91 Å². The third kappa shape index (κ3) is 2.73. The summed E-state index contributed by atoms with van der Waals surface area (Å²) in [6.07, 6.45) is 4.61. The smallest absolute Gasteiger partial charge is 0.236 e. The molecular formula is C11H18N2O. The fourth-order valence-corrected chi connectivity index (χ4v) is 2.03. The van der Waals surface area contributed by atoms with Crippen LogP contribution in [0.5, 0.6) is 0 Å². The number of nitriles is 1. The molecule has 3 heteroatoms. The van der Waals surface area contributed by atoms with Crippen molar-refractivity contribution in [2.24, 2.45) is 5.92 Å². The number of nitrogens with zero attached hydrogens (tertiary/aromatic N) is 2. The van der Waals surface area contributed by atoms with Crippen LogP contribution < -0.4 is 0 Å². The molecule has 0 atom stereocenters. The standard InChI is InChI=1S/C11H18N2O/c1-9-3-5-10(6-4-9)13(2)11(14)7-8-12/h9-10H,3-7H2,1-2H3. The molecule has 1 aliphatic rings. The summed E-state index contributed by atoms with van der Waals surface area (Å²) in [5.74, 6) is 0.762. The summed E-state index contributed by atoms with van der Waals surface area (Å²) in [4.78, 5) is 13.2. The highest BCUT2D eigenvalue weighted by Crippen LogP contribution is 2.26. The van der Waals surface area contributed by atoms with Gasteiger partial charge in [0.2, 0.25) is 5.91 Å². The topological polar surface area (TPSA) is 44.1 Å². The molecule has 1 amide bonds. The van der Waals surface area contributed by atoms with Crippen molar-refractivity contribution in [3.05, 3.63) is 0 Å². The van der Waals surface area contributed by atoms with Crippen molar-refractivity contribution in [3.63, 3.8) is 0 Å². The van der Waals surface area contributed by atoms with Gasteiger partial charge in [0.1, 0.15) is 6.42 Å². The van der Waals surface area contributed by atoms with Crippen LogP contribution in [0.25, 0.3) is 0 Å². The normalized spacial score (nSPS) is 26.6. The van der Waals surface area contributed by atoms with Gasteiger partial charge in [-0.25, -0.2) is 0 Å². The summed E-state index contributed by atoms with van der Waals surface area (Å²) < 4.78 is 0. The van der Waals surface area contributed by atoms with E-state index in [4.69, 9.17) is 5.26 Å². The fourth-order valence-electron chi connectivity index (χ4n) is 2.03. The first kappa shape index (κ1) is 11.0. The Morgan fingerprint density at radius 2 is 2.00 bits per heavy atom. The average Bonchev–Trinajstić information content (AvgIpc) is 2.18. The second-order valence-corrected chi connectivity index (χ2v) is 4.25. The zero-order valence-corrected chi connectivity index (χ0v) is 8.99. The molecule has 0 N–H and O–H groups in total. The number of carbonyl (C=O) groups excluding carboxylic acids is 1. The molecule has 0 spiro atoms. The third-order valence-electron chi connectivity index (χ3n) is 3.16. The number of carbonyl (C=O) groups is 1. The summed E-state index contributed by atoms with van der Waals surface area (Å²) in [7, 11) is 1.82. The van der Waals surface area contributed by atoms with Gasteiger partial charge in [0.25, 0.3) is 0 Å². The second kappa shape index (κ2) is 4.99. The largest absolute Gasteiger partial charge is 0.342 e. The first-order chi connectivity index (χ1) is 6.65. The van der Waals surface area contributed by atoms with E-state index in [0.717, 1.165) is 18.8 Å². The van der Waals surface area contributed by atoms with Gasteiger partial charge >= 0.3 is 0 Å². The van der Waals surface area contributed by atoms with E-state index in [-0.39, 0.29) is 12.3 Å². The van der Waals surface area contributed by atoms with Crippen LogP contribution in [0.1, 0.15) is 39.0 Å². The first-order valence-electron chi connectivity index (χ1n) is 5.27. The van der Waals surface area contributed by atoms with Crippen molar-refractivity contribution in [3.8, 4) is 6.07 Å². The van der Waals surface area contributed by atoms with E-state index in [9.17, 15) is 4.79 Å². The van der Waals surface area contributed by atoms with E-state index >= 15 is 0 Å². The molecule has 0 saturated heterocycles. The maximum absolute atomic E-state index is 11.4. The second-order valence-electron chi connectivity index (χ2n) is 4.25. The molecule has 3 nitrogen and oxygen atoms in total. The number of rotatable bonds is 2. The Kier molecular flexibility index (Phi) is 3.94. The minimum atomic E-state index is -0.0351. The minimum absolute atomic E-state index is 0.0164. The Labute approximate surface area is 85.7 Å². The van der Waals surface area contributed by atoms with Crippen LogP contribution in [-0.2, 0) is 4.79 Å². The van der Waals surface area contributed by atoms with E-state index < -0.39 is 0 Å². The predicted octanol–water partition coefficient (Wildman–Crippen LogP) is 1.94. The van der Waals surface area contributed by atoms with Crippen molar-refractivity contribution < 1.29 is 4.79 Å². The monoisotopic (exact) mass is 194 g/mol. The molecule has 0 bridgehead atoms. The van der Waals surface area contributed by atoms with Gasteiger partial charge in [0.15, 0.2) is 0 Å². The number of hydrogen-bond acceptors (Lipinski definition) is 2. The van der Waals surface area contributed by atoms with Crippen LogP contribution in [0.3, 0.4) is 0 Å². The minimum Gasteiger partial charge on any atom is -0.342 e. The van der Waals surface area contributed by atoms with Crippen LogP contribution in [0.4, 0.5) is 0 Å². The third-order valence-corrected chi connectivity index (χ3v) is 3.16. The summed E-state index contributed by atoms with van der Waals surface area (Å²) in [6, 6.07) is 2.27. The van der Waals surface area contributed by atoms with Gasteiger partial charge in [-0.15, -0.1) is 0 Å². The molecule has 0 aromatic rings. The highest BCUT2D eigenvalue weighted by molar-refractivity contribution is 5.78. The van der Waals surface area contributed by atoms with Crippen molar-refractivity contribution in [1.82, 2.24) is 4.90 Å². The van der Waals surface area contributed by atoms with Gasteiger partial charge in [-0.2, -0.15) is 5.26 Å². The predicted molar refractivity (Wildman–Crippen MR) is 54.4 cm³/mol. The first-order valence-corrected chi connectivity index (χ1v) is 5.27. The van der Waals surface area contributed by atoms with E-state index in [1.54, 1.807) is 4.90 Å². The van der Waals surface area contributed by atoms with Gasteiger partial charge in [-0.3, -0.25) is 4.79 Å². The van der Waals surface area contributed by atoms with Crippen LogP contribution in [0, 0.1) is 17.2 Å². The van der Waals surface area contributed by atoms with E-state index in [1.807, 2.05) is 13.1 Å². The van der Waals surface area contributed by atoms with E-state index in [2.05, 4.69) is 6.92 Å². The van der Waals surface area contributed by atoms with Crippen molar-refractivity contribution in [2.75, 3.05) is 7.05 Å². The Bertz CT molecular complexity index is 236. The van der Waals surface area contributed by atoms with Crippen molar-refractivity contribution in [1.29, 1.82) is 5.26 Å². The highest BCUT2D eigenvalue weighted by atomic mass is 16.2. The van der Waals surface area contributed by atoms with Crippen LogP contribution >= 0.6 is 0 Å². The number of amides is 1. The quantitative estimate of drug-likeness (QED) is 0.674.